The Morgan fingerprint density at radius 3 is 1.51 bits per heavy atom. The number of aliphatic hydroxyl groups excluding tert-OH is 1. The minimum Gasteiger partial charge on any atom is -0.491 e. The number of alkyl halides is 1. The van der Waals surface area contributed by atoms with Gasteiger partial charge in [0.15, 0.2) is 11.6 Å². The standard InChI is InChI=1S/C40H39N3O9.C39H47ClN4O7/c1-40(2,42-16-18-49-19-17-42)38(46)27-10-14-34-31(20-27)32-21-29(50-23-30-24-51-30)13-15-35(32)43(34)28-11-8-25(9-12-28)37(45)33(22-36(44)48-3)41-52-39(47)26-6-4-5-7-26;1-5-42(6-2)18-16-33(41-51-36(46)15-17-40)37(47)27-7-10-29(11-8-27)44-34-13-9-28(38(48)39(3,4)43-19-22-49-23-20-43)25-31(34)32-26-30(50-24-21-45)12-14-35(32)44/h4-6,8-15,20-21,30H,7,16-19,22-24H2,1-3H3;7-14,25-26,45H,5-6,15-24H2,1-4H3/b2*41-33+. The molecule has 540 valence electrons. The first-order chi connectivity index (χ1) is 49.8. The lowest BCUT2D eigenvalue weighted by Gasteiger charge is -2.39. The maximum Gasteiger partial charge on any atom is 0.362 e. The van der Waals surface area contributed by atoms with Gasteiger partial charge in [0.05, 0.1) is 92.7 Å². The van der Waals surface area contributed by atoms with E-state index < -0.39 is 41.2 Å². The number of methoxy groups -OCH3 is 1. The molecule has 3 aliphatic heterocycles. The average Bonchev–Trinajstić information content (AvgIpc) is 1.57. The predicted molar refractivity (Wildman–Crippen MR) is 393 cm³/mol. The maximum absolute atomic E-state index is 14.0. The lowest BCUT2D eigenvalue weighted by Crippen LogP contribution is -2.54. The quantitative estimate of drug-likeness (QED) is 0.00834. The number of esters is 1. The molecule has 12 rings (SSSR count). The van der Waals surface area contributed by atoms with Crippen LogP contribution in [0, 0.1) is 0 Å². The largest absolute Gasteiger partial charge is 0.491 e. The number of epoxide rings is 1. The molecule has 103 heavy (non-hydrogen) atoms. The van der Waals surface area contributed by atoms with E-state index in [0.717, 1.165) is 68.1 Å². The van der Waals surface area contributed by atoms with Crippen molar-refractivity contribution in [2.45, 2.75) is 84.4 Å². The fraction of sp³-hybridized carbons (Fsp3) is 0.380. The number of ether oxygens (including phenoxy) is 6. The Kier molecular flexibility index (Phi) is 24.4. The molecular weight excluding hydrogens is 1340 g/mol. The Bertz CT molecular complexity index is 4610. The summed E-state index contributed by atoms with van der Waals surface area (Å²) < 4.78 is 37.1. The van der Waals surface area contributed by atoms with E-state index in [-0.39, 0.29) is 66.0 Å². The molecule has 0 saturated carbocycles. The Labute approximate surface area is 602 Å². The van der Waals surface area contributed by atoms with Crippen LogP contribution in [0.2, 0.25) is 0 Å². The van der Waals surface area contributed by atoms with E-state index in [9.17, 15) is 38.7 Å². The second-order valence-corrected chi connectivity index (χ2v) is 26.6. The van der Waals surface area contributed by atoms with E-state index in [1.807, 2.05) is 126 Å². The Morgan fingerprint density at radius 2 is 1.06 bits per heavy atom. The van der Waals surface area contributed by atoms with Crippen LogP contribution in [0.3, 0.4) is 0 Å². The fourth-order valence-electron chi connectivity index (χ4n) is 13.0. The van der Waals surface area contributed by atoms with Crippen LogP contribution in [0.15, 0.2) is 155 Å². The molecule has 1 aliphatic carbocycles. The lowest BCUT2D eigenvalue weighted by molar-refractivity contribution is -0.143. The summed E-state index contributed by atoms with van der Waals surface area (Å²) in [7, 11) is 1.20. The van der Waals surface area contributed by atoms with Crippen LogP contribution in [0.5, 0.6) is 11.5 Å². The number of fused-ring (bicyclic) bond motifs is 6. The molecule has 5 heterocycles. The van der Waals surface area contributed by atoms with Gasteiger partial charge in [-0.3, -0.25) is 33.8 Å². The zero-order valence-corrected chi connectivity index (χ0v) is 59.8. The first kappa shape index (κ1) is 74.6. The number of oxime groups is 2. The Morgan fingerprint density at radius 1 is 0.592 bits per heavy atom. The topological polar surface area (TPSA) is 261 Å². The van der Waals surface area contributed by atoms with Crippen molar-refractivity contribution in [3.05, 3.63) is 167 Å². The molecule has 1 unspecified atom stereocenters. The smallest absolute Gasteiger partial charge is 0.362 e. The van der Waals surface area contributed by atoms with Crippen LogP contribution in [-0.2, 0) is 43.0 Å². The van der Waals surface area contributed by atoms with Gasteiger partial charge in [0.1, 0.15) is 42.2 Å². The van der Waals surface area contributed by atoms with Crippen molar-refractivity contribution in [2.24, 2.45) is 10.3 Å². The molecule has 6 aromatic carbocycles. The van der Waals surface area contributed by atoms with Crippen LogP contribution >= 0.6 is 11.6 Å². The average molecular weight is 1430 g/mol. The van der Waals surface area contributed by atoms with Crippen LogP contribution in [0.1, 0.15) is 109 Å². The van der Waals surface area contributed by atoms with Crippen molar-refractivity contribution in [3.63, 3.8) is 0 Å². The number of carbonyl (C=O) groups is 7. The van der Waals surface area contributed by atoms with Gasteiger partial charge in [0.25, 0.3) is 0 Å². The third-order valence-electron chi connectivity index (χ3n) is 19.1. The molecule has 0 amide bonds. The highest BCUT2D eigenvalue weighted by atomic mass is 35.5. The number of hydrogen-bond acceptors (Lipinski definition) is 21. The summed E-state index contributed by atoms with van der Waals surface area (Å²) >= 11 is 5.68. The summed E-state index contributed by atoms with van der Waals surface area (Å²) in [6, 6.07) is 37.1. The molecule has 8 aromatic rings. The molecular formula is C79H86ClN7O16. The first-order valence-electron chi connectivity index (χ1n) is 34.7. The van der Waals surface area contributed by atoms with E-state index in [1.54, 1.807) is 54.6 Å². The van der Waals surface area contributed by atoms with Gasteiger partial charge in [-0.2, -0.15) is 0 Å². The molecule has 4 aliphatic rings. The molecule has 0 bridgehead atoms. The number of aliphatic hydroxyl groups is 1. The molecule has 2 aromatic heterocycles. The predicted octanol–water partition coefficient (Wildman–Crippen LogP) is 11.3. The molecule has 24 heteroatoms. The monoisotopic (exact) mass is 1420 g/mol. The Balaban J connectivity index is 0.000000207. The van der Waals surface area contributed by atoms with Crippen molar-refractivity contribution in [1.82, 2.24) is 23.8 Å². The summed E-state index contributed by atoms with van der Waals surface area (Å²) in [5.74, 6) is -1.49. The zero-order valence-electron chi connectivity index (χ0n) is 59.1. The van der Waals surface area contributed by atoms with E-state index >= 15 is 0 Å². The normalized spacial score (nSPS) is 16.0. The molecule has 3 saturated heterocycles. The van der Waals surface area contributed by atoms with Gasteiger partial charge in [-0.15, -0.1) is 11.6 Å². The van der Waals surface area contributed by atoms with Gasteiger partial charge < -0.3 is 57.2 Å². The van der Waals surface area contributed by atoms with E-state index in [4.69, 9.17) is 49.7 Å². The second-order valence-electron chi connectivity index (χ2n) is 26.3. The van der Waals surface area contributed by atoms with Crippen molar-refractivity contribution >= 4 is 108 Å². The van der Waals surface area contributed by atoms with Crippen molar-refractivity contribution in [3.8, 4) is 22.9 Å². The van der Waals surface area contributed by atoms with E-state index in [1.165, 1.54) is 7.11 Å². The summed E-state index contributed by atoms with van der Waals surface area (Å²) in [4.78, 5) is 108. The highest BCUT2D eigenvalue weighted by Crippen LogP contribution is 2.39. The number of nitrogens with zero attached hydrogens (tertiary/aromatic N) is 7. The number of allylic oxidation sites excluding steroid dienone is 3. The first-order valence-corrected chi connectivity index (χ1v) is 35.3. The number of aromatic nitrogens is 2. The van der Waals surface area contributed by atoms with Crippen LogP contribution in [0.25, 0.3) is 55.0 Å². The van der Waals surface area contributed by atoms with Gasteiger partial charge in [-0.05, 0) is 169 Å². The molecule has 0 spiro atoms. The van der Waals surface area contributed by atoms with Crippen LogP contribution in [0.4, 0.5) is 0 Å². The molecule has 23 nitrogen and oxygen atoms in total. The van der Waals surface area contributed by atoms with Gasteiger partial charge in [-0.1, -0.05) is 42.4 Å². The number of carbonyl (C=O) groups excluding carboxylic acids is 7. The van der Waals surface area contributed by atoms with Crippen molar-refractivity contribution < 1.29 is 76.8 Å². The summed E-state index contributed by atoms with van der Waals surface area (Å²) in [6.07, 6.45) is 5.44. The molecule has 1 N–H and O–H groups in total. The van der Waals surface area contributed by atoms with Gasteiger partial charge in [0, 0.05) is 106 Å². The number of rotatable bonds is 30. The molecule has 0 radical (unpaired) electrons. The fourth-order valence-corrected chi connectivity index (χ4v) is 13.1. The van der Waals surface area contributed by atoms with Gasteiger partial charge in [0.2, 0.25) is 11.6 Å². The summed E-state index contributed by atoms with van der Waals surface area (Å²) in [6.45, 7) is 20.4. The van der Waals surface area contributed by atoms with Crippen molar-refractivity contribution in [1.29, 1.82) is 0 Å². The highest BCUT2D eigenvalue weighted by Gasteiger charge is 2.38. The molecule has 1 atom stereocenters. The molecule has 3 fully saturated rings. The van der Waals surface area contributed by atoms with Crippen molar-refractivity contribution in [2.75, 3.05) is 112 Å². The van der Waals surface area contributed by atoms with Crippen LogP contribution < -0.4 is 9.47 Å². The second kappa shape index (κ2) is 33.7. The van der Waals surface area contributed by atoms with E-state index in [0.29, 0.717) is 119 Å². The highest BCUT2D eigenvalue weighted by molar-refractivity contribution is 6.48. The Hall–Kier alpha value is -9.56. The third kappa shape index (κ3) is 17.2. The number of halogens is 1. The number of morpholine rings is 2. The minimum atomic E-state index is -0.726. The number of Topliss-reactive ketones (excluding diaryl/α,β-unsaturated/α-hetero) is 4. The van der Waals surface area contributed by atoms with Gasteiger partial charge in [-0.25, -0.2) is 9.59 Å². The van der Waals surface area contributed by atoms with Crippen LogP contribution in [-0.4, -0.2) is 210 Å². The van der Waals surface area contributed by atoms with E-state index in [2.05, 4.69) is 34.1 Å². The lowest BCUT2D eigenvalue weighted by atomic mass is 9.90. The zero-order chi connectivity index (χ0) is 73.0. The number of hydrogen-bond donors (Lipinski definition) is 1. The number of benzene rings is 6. The maximum atomic E-state index is 14.0. The third-order valence-corrected chi connectivity index (χ3v) is 19.3. The SMILES string of the molecule is CCN(CC)CC/C(=N\OC(=O)CCCl)C(=O)c1ccc(-n2c3ccc(OCCO)cc3c3cc(C(=O)C(C)(C)N4CCOCC4)ccc32)cc1.COC(=O)C/C(=N\OC(=O)C1=CC=CC1)C(=O)c1ccc(-n2c3ccc(OCC4CO4)cc3c3cc(C(=O)C(C)(C)N4CCOCC4)ccc32)cc1. The van der Waals surface area contributed by atoms with Gasteiger partial charge >= 0.3 is 17.9 Å². The summed E-state index contributed by atoms with van der Waals surface area (Å²) in [5.41, 5.74) is 5.71. The number of ketones is 4. The minimum absolute atomic E-state index is 0.00755. The summed E-state index contributed by atoms with van der Waals surface area (Å²) in [5, 5.41) is 20.6.